The zero-order valence-electron chi connectivity index (χ0n) is 13.4. The van der Waals surface area contributed by atoms with Crippen molar-refractivity contribution >= 4 is 22.3 Å². The van der Waals surface area contributed by atoms with Crippen LogP contribution >= 0.6 is 0 Å². The van der Waals surface area contributed by atoms with E-state index in [9.17, 15) is 10.4 Å². The number of aliphatic hydroxyl groups excluding tert-OH is 1. The number of hydrogen-bond donors (Lipinski definition) is 2. The van der Waals surface area contributed by atoms with Crippen LogP contribution in [-0.2, 0) is 0 Å². The highest BCUT2D eigenvalue weighted by molar-refractivity contribution is 5.83. The highest BCUT2D eigenvalue weighted by Crippen LogP contribution is 2.21. The third-order valence-corrected chi connectivity index (χ3v) is 3.87. The fourth-order valence-electron chi connectivity index (χ4n) is 2.61. The van der Waals surface area contributed by atoms with Crippen LogP contribution in [0.15, 0.2) is 60.4 Å². The van der Waals surface area contributed by atoms with Crippen molar-refractivity contribution in [3.8, 4) is 6.07 Å². The summed E-state index contributed by atoms with van der Waals surface area (Å²) in [5, 5.41) is 20.0. The number of imidazole rings is 1. The summed E-state index contributed by atoms with van der Waals surface area (Å²) in [4.78, 5) is 9.48. The van der Waals surface area contributed by atoms with Crippen LogP contribution in [0.25, 0.3) is 16.6 Å². The summed E-state index contributed by atoms with van der Waals surface area (Å²) in [6.07, 6.45) is 0. The van der Waals surface area contributed by atoms with Gasteiger partial charge in [0, 0.05) is 12.2 Å². The summed E-state index contributed by atoms with van der Waals surface area (Å²) >= 11 is 0. The minimum absolute atomic E-state index is 0.00209. The Morgan fingerprint density at radius 1 is 1.17 bits per heavy atom. The smallest absolute Gasteiger partial charge is 0.152 e. The SMILES string of the molecule is CCN(C/C(O)=C(\C#N)c1nc2ccccc2[nH]1)c1ccccc1. The van der Waals surface area contributed by atoms with Crippen LogP contribution in [-0.4, -0.2) is 28.2 Å². The molecule has 2 aromatic carbocycles. The topological polar surface area (TPSA) is 75.9 Å². The fraction of sp³-hybridized carbons (Fsp3) is 0.158. The second-order valence-corrected chi connectivity index (χ2v) is 5.39. The predicted octanol–water partition coefficient (Wildman–Crippen LogP) is 3.88. The Balaban J connectivity index is 1.94. The van der Waals surface area contributed by atoms with Gasteiger partial charge in [-0.2, -0.15) is 5.26 Å². The summed E-state index contributed by atoms with van der Waals surface area (Å²) in [5.74, 6) is 0.391. The minimum atomic E-state index is 0.00209. The number of anilines is 1. The molecule has 3 rings (SSSR count). The Kier molecular flexibility index (Phi) is 4.48. The number of H-pyrrole nitrogens is 1. The molecular formula is C19H18N4O. The summed E-state index contributed by atoms with van der Waals surface area (Å²) < 4.78 is 0. The molecule has 0 unspecified atom stereocenters. The average Bonchev–Trinajstić information content (AvgIpc) is 3.04. The third-order valence-electron chi connectivity index (χ3n) is 3.87. The quantitative estimate of drug-likeness (QED) is 0.553. The van der Waals surface area contributed by atoms with Gasteiger partial charge in [0.25, 0.3) is 0 Å². The van der Waals surface area contributed by atoms with Gasteiger partial charge in [-0.1, -0.05) is 30.3 Å². The van der Waals surface area contributed by atoms with E-state index in [-0.39, 0.29) is 17.9 Å². The van der Waals surface area contributed by atoms with E-state index < -0.39 is 0 Å². The Hall–Kier alpha value is -3.26. The number of aliphatic hydroxyl groups is 1. The third kappa shape index (κ3) is 3.08. The van der Waals surface area contributed by atoms with Gasteiger partial charge in [0.15, 0.2) is 5.82 Å². The molecule has 0 amide bonds. The molecule has 0 bridgehead atoms. The molecule has 0 aliphatic carbocycles. The van der Waals surface area contributed by atoms with Crippen molar-refractivity contribution in [3.63, 3.8) is 0 Å². The molecule has 120 valence electrons. The van der Waals surface area contributed by atoms with Gasteiger partial charge in [0.05, 0.1) is 17.6 Å². The number of nitrogens with zero attached hydrogens (tertiary/aromatic N) is 3. The molecular weight excluding hydrogens is 300 g/mol. The summed E-state index contributed by atoms with van der Waals surface area (Å²) in [5.41, 5.74) is 2.76. The second kappa shape index (κ2) is 6.88. The Morgan fingerprint density at radius 3 is 2.54 bits per heavy atom. The van der Waals surface area contributed by atoms with Crippen LogP contribution in [0.4, 0.5) is 5.69 Å². The number of nitrogens with one attached hydrogen (secondary N) is 1. The maximum absolute atomic E-state index is 10.5. The van der Waals surface area contributed by atoms with Crippen molar-refractivity contribution in [3.05, 3.63) is 66.2 Å². The maximum Gasteiger partial charge on any atom is 0.152 e. The van der Waals surface area contributed by atoms with E-state index in [4.69, 9.17) is 0 Å². The summed E-state index contributed by atoms with van der Waals surface area (Å²) in [7, 11) is 0. The van der Waals surface area contributed by atoms with Crippen molar-refractivity contribution in [2.75, 3.05) is 18.0 Å². The van der Waals surface area contributed by atoms with Gasteiger partial charge < -0.3 is 15.0 Å². The molecule has 0 atom stereocenters. The van der Waals surface area contributed by atoms with Gasteiger partial charge in [0.1, 0.15) is 17.4 Å². The maximum atomic E-state index is 10.5. The highest BCUT2D eigenvalue weighted by atomic mass is 16.3. The molecule has 0 saturated heterocycles. The minimum Gasteiger partial charge on any atom is -0.509 e. The van der Waals surface area contributed by atoms with Crippen LogP contribution < -0.4 is 4.90 Å². The zero-order chi connectivity index (χ0) is 16.9. The van der Waals surface area contributed by atoms with E-state index in [1.54, 1.807) is 0 Å². The number of para-hydroxylation sites is 3. The van der Waals surface area contributed by atoms with Crippen LogP contribution in [0.2, 0.25) is 0 Å². The van der Waals surface area contributed by atoms with Crippen molar-refractivity contribution in [2.24, 2.45) is 0 Å². The lowest BCUT2D eigenvalue weighted by Crippen LogP contribution is -2.25. The lowest BCUT2D eigenvalue weighted by molar-refractivity contribution is 0.402. The first-order valence-corrected chi connectivity index (χ1v) is 7.80. The van der Waals surface area contributed by atoms with Crippen molar-refractivity contribution in [1.82, 2.24) is 9.97 Å². The van der Waals surface area contributed by atoms with E-state index in [1.165, 1.54) is 0 Å². The molecule has 0 fully saturated rings. The van der Waals surface area contributed by atoms with Crippen LogP contribution in [0.5, 0.6) is 0 Å². The lowest BCUT2D eigenvalue weighted by atomic mass is 10.2. The highest BCUT2D eigenvalue weighted by Gasteiger charge is 2.15. The monoisotopic (exact) mass is 318 g/mol. The number of fused-ring (bicyclic) bond motifs is 1. The number of rotatable bonds is 5. The molecule has 24 heavy (non-hydrogen) atoms. The van der Waals surface area contributed by atoms with Crippen molar-refractivity contribution in [1.29, 1.82) is 5.26 Å². The molecule has 5 nitrogen and oxygen atoms in total. The Labute approximate surface area is 140 Å². The van der Waals surface area contributed by atoms with Crippen LogP contribution in [0.3, 0.4) is 0 Å². The molecule has 0 aliphatic heterocycles. The fourth-order valence-corrected chi connectivity index (χ4v) is 2.61. The van der Waals surface area contributed by atoms with Gasteiger partial charge in [0.2, 0.25) is 0 Å². The Bertz CT molecular complexity index is 873. The standard InChI is InChI=1S/C19H18N4O/c1-2-23(14-8-4-3-5-9-14)13-18(24)15(12-20)19-21-16-10-6-7-11-17(16)22-19/h3-11,24H,2,13H2,1H3,(H,21,22)/b18-15-. The average molecular weight is 318 g/mol. The molecule has 1 heterocycles. The van der Waals surface area contributed by atoms with Gasteiger partial charge >= 0.3 is 0 Å². The number of nitriles is 1. The summed E-state index contributed by atoms with van der Waals surface area (Å²) in [6, 6.07) is 19.4. The lowest BCUT2D eigenvalue weighted by Gasteiger charge is -2.22. The normalized spacial score (nSPS) is 11.8. The predicted molar refractivity (Wildman–Crippen MR) is 95.6 cm³/mol. The first-order chi connectivity index (χ1) is 11.7. The molecule has 2 N–H and O–H groups in total. The first kappa shape index (κ1) is 15.6. The largest absolute Gasteiger partial charge is 0.509 e. The van der Waals surface area contributed by atoms with Gasteiger partial charge in [-0.05, 0) is 31.2 Å². The van der Waals surface area contributed by atoms with E-state index in [1.807, 2.05) is 66.4 Å². The molecule has 5 heteroatoms. The second-order valence-electron chi connectivity index (χ2n) is 5.39. The zero-order valence-corrected chi connectivity index (χ0v) is 13.4. The van der Waals surface area contributed by atoms with E-state index in [0.29, 0.717) is 12.4 Å². The van der Waals surface area contributed by atoms with Crippen molar-refractivity contribution in [2.45, 2.75) is 6.92 Å². The molecule has 0 spiro atoms. The first-order valence-electron chi connectivity index (χ1n) is 7.80. The van der Waals surface area contributed by atoms with E-state index in [0.717, 1.165) is 16.7 Å². The van der Waals surface area contributed by atoms with Crippen LogP contribution in [0, 0.1) is 11.3 Å². The number of hydrogen-bond acceptors (Lipinski definition) is 4. The molecule has 3 aromatic rings. The number of aromatic nitrogens is 2. The molecule has 0 saturated carbocycles. The van der Waals surface area contributed by atoms with Gasteiger partial charge in [-0.3, -0.25) is 0 Å². The number of likely N-dealkylation sites (N-methyl/N-ethyl adjacent to an activating group) is 1. The Morgan fingerprint density at radius 2 is 1.88 bits per heavy atom. The summed E-state index contributed by atoms with van der Waals surface area (Å²) in [6.45, 7) is 2.97. The molecule has 0 radical (unpaired) electrons. The molecule has 1 aromatic heterocycles. The van der Waals surface area contributed by atoms with E-state index >= 15 is 0 Å². The van der Waals surface area contributed by atoms with Crippen LogP contribution in [0.1, 0.15) is 12.7 Å². The van der Waals surface area contributed by atoms with Gasteiger partial charge in [-0.15, -0.1) is 0 Å². The number of benzene rings is 2. The van der Waals surface area contributed by atoms with E-state index in [2.05, 4.69) is 16.0 Å². The number of aromatic amines is 1. The van der Waals surface area contributed by atoms with Crippen molar-refractivity contribution < 1.29 is 5.11 Å². The number of allylic oxidation sites excluding steroid dienone is 1. The molecule has 0 aliphatic rings. The van der Waals surface area contributed by atoms with Gasteiger partial charge in [-0.25, -0.2) is 4.98 Å².